The lowest BCUT2D eigenvalue weighted by Crippen LogP contribution is -2.14. The quantitative estimate of drug-likeness (QED) is 0.246. The Hall–Kier alpha value is -3.13. The zero-order chi connectivity index (χ0) is 26.1. The van der Waals surface area contributed by atoms with Crippen molar-refractivity contribution in [1.82, 2.24) is 0 Å². The van der Waals surface area contributed by atoms with Crippen molar-refractivity contribution in [2.75, 3.05) is 5.75 Å². The van der Waals surface area contributed by atoms with E-state index in [2.05, 4.69) is 6.07 Å². The topological polar surface area (TPSA) is 55.8 Å². The van der Waals surface area contributed by atoms with Gasteiger partial charge in [-0.1, -0.05) is 31.2 Å². The summed E-state index contributed by atoms with van der Waals surface area (Å²) in [6.07, 6.45) is -2.65. The minimum absolute atomic E-state index is 0.0139. The molecule has 36 heavy (non-hydrogen) atoms. The molecule has 0 unspecified atom stereocenters. The number of carbonyl (C=O) groups is 1. The number of para-hydroxylation sites is 1. The van der Waals surface area contributed by atoms with Gasteiger partial charge in [0, 0.05) is 17.1 Å². The van der Waals surface area contributed by atoms with Crippen LogP contribution in [0.2, 0.25) is 0 Å². The number of hydrogen-bond acceptors (Lipinski definition) is 4. The van der Waals surface area contributed by atoms with Crippen LogP contribution in [-0.4, -0.2) is 22.9 Å². The highest BCUT2D eigenvalue weighted by atomic mass is 32.2. The third-order valence-corrected chi connectivity index (χ3v) is 6.56. The number of aliphatic carboxylic acids is 1. The average molecular weight is 519 g/mol. The third-order valence-electron chi connectivity index (χ3n) is 5.53. The van der Waals surface area contributed by atoms with Crippen molar-refractivity contribution < 1.29 is 32.5 Å². The lowest BCUT2D eigenvalue weighted by Gasteiger charge is -2.19. The van der Waals surface area contributed by atoms with Crippen molar-refractivity contribution >= 4 is 17.7 Å². The second-order valence-electron chi connectivity index (χ2n) is 8.32. The molecule has 0 aliphatic heterocycles. The molecule has 0 aromatic heterocycles. The van der Waals surface area contributed by atoms with Gasteiger partial charge in [0.15, 0.2) is 11.5 Å². The highest BCUT2D eigenvalue weighted by molar-refractivity contribution is 7.99. The second-order valence-corrected chi connectivity index (χ2v) is 9.49. The number of carboxylic acids is 1. The molecule has 0 radical (unpaired) electrons. The van der Waals surface area contributed by atoms with Crippen molar-refractivity contribution in [3.63, 3.8) is 0 Å². The standard InChI is InChI=1S/C28H29F3O4S/c1-3-20-17-24(12-9-21(20)10-14-27(32)33)36-16-15-19(2)34-25-13-11-22(28(29,30)31)18-26(25)35-23-7-5-4-6-8-23/h4-9,11-13,17-19H,3,10,14-16H2,1-2H3,(H,32,33)/t19-/m0/s1. The molecule has 0 heterocycles. The molecule has 1 N–H and O–H groups in total. The summed E-state index contributed by atoms with van der Waals surface area (Å²) in [5.41, 5.74) is 1.38. The number of ether oxygens (including phenoxy) is 2. The molecule has 0 amide bonds. The number of halogens is 3. The Balaban J connectivity index is 1.63. The van der Waals surface area contributed by atoms with Crippen LogP contribution in [0.15, 0.2) is 71.6 Å². The van der Waals surface area contributed by atoms with Gasteiger partial charge in [0.25, 0.3) is 0 Å². The molecule has 0 saturated carbocycles. The number of hydrogen-bond donors (Lipinski definition) is 1. The highest BCUT2D eigenvalue weighted by Crippen LogP contribution is 2.39. The van der Waals surface area contributed by atoms with Crippen LogP contribution in [0.3, 0.4) is 0 Å². The lowest BCUT2D eigenvalue weighted by molar-refractivity contribution is -0.138. The van der Waals surface area contributed by atoms with E-state index < -0.39 is 17.7 Å². The molecular weight excluding hydrogens is 489 g/mol. The Kier molecular flexibility index (Phi) is 9.70. The molecule has 3 aromatic carbocycles. The van der Waals surface area contributed by atoms with E-state index in [1.54, 1.807) is 42.1 Å². The third kappa shape index (κ3) is 8.22. The second kappa shape index (κ2) is 12.7. The van der Waals surface area contributed by atoms with Gasteiger partial charge in [-0.15, -0.1) is 11.8 Å². The zero-order valence-electron chi connectivity index (χ0n) is 20.2. The first-order valence-corrected chi connectivity index (χ1v) is 12.7. The fourth-order valence-electron chi connectivity index (χ4n) is 3.60. The number of thioether (sulfide) groups is 1. The molecule has 0 spiro atoms. The molecule has 4 nitrogen and oxygen atoms in total. The monoisotopic (exact) mass is 518 g/mol. The maximum Gasteiger partial charge on any atom is 0.416 e. The van der Waals surface area contributed by atoms with Crippen molar-refractivity contribution in [1.29, 1.82) is 0 Å². The first-order chi connectivity index (χ1) is 17.2. The molecule has 0 aliphatic rings. The van der Waals surface area contributed by atoms with Gasteiger partial charge in [0.1, 0.15) is 5.75 Å². The Morgan fingerprint density at radius 3 is 2.42 bits per heavy atom. The molecule has 192 valence electrons. The predicted molar refractivity (Wildman–Crippen MR) is 135 cm³/mol. The van der Waals surface area contributed by atoms with Gasteiger partial charge in [-0.3, -0.25) is 4.79 Å². The Bertz CT molecular complexity index is 1150. The van der Waals surface area contributed by atoms with Crippen LogP contribution in [0, 0.1) is 0 Å². The fraction of sp³-hybridized carbons (Fsp3) is 0.321. The van der Waals surface area contributed by atoms with Crippen LogP contribution in [0.5, 0.6) is 17.2 Å². The Morgan fingerprint density at radius 1 is 1.00 bits per heavy atom. The normalized spacial score (nSPS) is 12.2. The molecule has 0 aliphatic carbocycles. The van der Waals surface area contributed by atoms with E-state index in [4.69, 9.17) is 14.6 Å². The zero-order valence-corrected chi connectivity index (χ0v) is 21.0. The maximum absolute atomic E-state index is 13.3. The molecular formula is C28H29F3O4S. The largest absolute Gasteiger partial charge is 0.487 e. The van der Waals surface area contributed by atoms with Gasteiger partial charge < -0.3 is 14.6 Å². The predicted octanol–water partition coefficient (Wildman–Crippen LogP) is 8.03. The van der Waals surface area contributed by atoms with Crippen molar-refractivity contribution in [3.8, 4) is 17.2 Å². The van der Waals surface area contributed by atoms with E-state index in [9.17, 15) is 18.0 Å². The van der Waals surface area contributed by atoms with E-state index in [0.29, 0.717) is 18.6 Å². The number of rotatable bonds is 12. The first kappa shape index (κ1) is 27.5. The van der Waals surface area contributed by atoms with Crippen molar-refractivity contribution in [2.45, 2.75) is 56.7 Å². The van der Waals surface area contributed by atoms with Gasteiger partial charge in [-0.05, 0) is 79.8 Å². The minimum Gasteiger partial charge on any atom is -0.487 e. The van der Waals surface area contributed by atoms with Crippen LogP contribution in [0.25, 0.3) is 0 Å². The summed E-state index contributed by atoms with van der Waals surface area (Å²) in [6.45, 7) is 3.92. The van der Waals surface area contributed by atoms with E-state index in [1.807, 2.05) is 26.0 Å². The molecule has 1 atom stereocenters. The van der Waals surface area contributed by atoms with Gasteiger partial charge in [-0.2, -0.15) is 13.2 Å². The molecule has 0 saturated heterocycles. The molecule has 0 fully saturated rings. The number of benzene rings is 3. The maximum atomic E-state index is 13.3. The number of carboxylic acid groups (broad SMARTS) is 1. The van der Waals surface area contributed by atoms with E-state index in [1.165, 1.54) is 6.07 Å². The van der Waals surface area contributed by atoms with Crippen LogP contribution >= 0.6 is 11.8 Å². The molecule has 8 heteroatoms. The molecule has 3 aromatic rings. The van der Waals surface area contributed by atoms with Crippen LogP contribution in [0.4, 0.5) is 13.2 Å². The SMILES string of the molecule is CCc1cc(SCC[C@H](C)Oc2ccc(C(F)(F)F)cc2Oc2ccccc2)ccc1CCC(=O)O. The summed E-state index contributed by atoms with van der Waals surface area (Å²) in [5, 5.41) is 8.93. The van der Waals surface area contributed by atoms with Gasteiger partial charge in [-0.25, -0.2) is 0 Å². The van der Waals surface area contributed by atoms with Crippen LogP contribution in [-0.2, 0) is 23.8 Å². The summed E-state index contributed by atoms with van der Waals surface area (Å²) in [5.74, 6) is 0.618. The lowest BCUT2D eigenvalue weighted by atomic mass is 10.0. The number of aryl methyl sites for hydroxylation is 2. The average Bonchev–Trinajstić information content (AvgIpc) is 2.84. The summed E-state index contributed by atoms with van der Waals surface area (Å²) in [6, 6.07) is 17.9. The van der Waals surface area contributed by atoms with Crippen molar-refractivity contribution in [2.24, 2.45) is 0 Å². The Morgan fingerprint density at radius 2 is 1.75 bits per heavy atom. The van der Waals surface area contributed by atoms with Crippen molar-refractivity contribution in [3.05, 3.63) is 83.4 Å². The summed E-state index contributed by atoms with van der Waals surface area (Å²) >= 11 is 1.66. The van der Waals surface area contributed by atoms with Gasteiger partial charge in [0.05, 0.1) is 11.7 Å². The van der Waals surface area contributed by atoms with E-state index >= 15 is 0 Å². The van der Waals surface area contributed by atoms with Crippen LogP contribution in [0.1, 0.15) is 43.4 Å². The molecule has 0 bridgehead atoms. The minimum atomic E-state index is -4.49. The van der Waals surface area contributed by atoms with E-state index in [-0.39, 0.29) is 24.0 Å². The fourth-order valence-corrected chi connectivity index (χ4v) is 4.68. The Labute approximate surface area is 213 Å². The smallest absolute Gasteiger partial charge is 0.416 e. The first-order valence-electron chi connectivity index (χ1n) is 11.7. The van der Waals surface area contributed by atoms with E-state index in [0.717, 1.165) is 40.3 Å². The van der Waals surface area contributed by atoms with Crippen LogP contribution < -0.4 is 9.47 Å². The highest BCUT2D eigenvalue weighted by Gasteiger charge is 2.31. The van der Waals surface area contributed by atoms with Gasteiger partial charge >= 0.3 is 12.1 Å². The molecule has 3 rings (SSSR count). The summed E-state index contributed by atoms with van der Waals surface area (Å²) in [4.78, 5) is 12.0. The summed E-state index contributed by atoms with van der Waals surface area (Å²) < 4.78 is 51.5. The summed E-state index contributed by atoms with van der Waals surface area (Å²) in [7, 11) is 0. The van der Waals surface area contributed by atoms with Gasteiger partial charge in [0.2, 0.25) is 0 Å². The number of alkyl halides is 3.